The van der Waals surface area contributed by atoms with E-state index in [4.69, 9.17) is 0 Å². The van der Waals surface area contributed by atoms with Gasteiger partial charge in [0.2, 0.25) is 5.91 Å². The van der Waals surface area contributed by atoms with Crippen molar-refractivity contribution in [3.05, 3.63) is 105 Å². The minimum atomic E-state index is -0.459. The molecule has 2 aromatic carbocycles. The molecule has 1 atom stereocenters. The van der Waals surface area contributed by atoms with Gasteiger partial charge in [0, 0.05) is 19.3 Å². The number of carbonyl (C=O) groups excluding carboxylic acids is 2. The van der Waals surface area contributed by atoms with E-state index in [1.54, 1.807) is 12.3 Å². The lowest BCUT2D eigenvalue weighted by molar-refractivity contribution is -0.132. The Labute approximate surface area is 193 Å². The molecular formula is C27H29N3O3. The van der Waals surface area contributed by atoms with Gasteiger partial charge in [0.1, 0.15) is 12.1 Å². The number of benzene rings is 2. The summed E-state index contributed by atoms with van der Waals surface area (Å²) in [4.78, 5) is 40.6. The highest BCUT2D eigenvalue weighted by atomic mass is 16.2. The fourth-order valence-electron chi connectivity index (χ4n) is 4.45. The summed E-state index contributed by atoms with van der Waals surface area (Å²) in [5.74, 6) is -0.553. The van der Waals surface area contributed by atoms with Crippen LogP contribution in [0.1, 0.15) is 51.5 Å². The Morgan fingerprint density at radius 2 is 1.82 bits per heavy atom. The Balaban J connectivity index is 1.48. The van der Waals surface area contributed by atoms with E-state index in [9.17, 15) is 14.4 Å². The van der Waals surface area contributed by atoms with Gasteiger partial charge in [-0.2, -0.15) is 0 Å². The maximum Gasteiger partial charge on any atom is 0.263 e. The molecule has 170 valence electrons. The zero-order valence-corrected chi connectivity index (χ0v) is 19.1. The van der Waals surface area contributed by atoms with Crippen LogP contribution in [-0.2, 0) is 17.9 Å². The van der Waals surface area contributed by atoms with Crippen LogP contribution in [0.25, 0.3) is 0 Å². The molecule has 2 heterocycles. The molecular weight excluding hydrogens is 414 g/mol. The standard InChI is InChI=1S/C27H29N3O3/c1-19-12-13-20(2)23(16-19)24-11-7-15-30(24)25(31)18-29-14-6-10-22(27(29)33)26(32)28-17-21-8-4-3-5-9-21/h3-6,8-10,12-14,16,24H,7,11,15,17-18H2,1-2H3,(H,28,32). The molecule has 33 heavy (non-hydrogen) atoms. The molecule has 3 aromatic rings. The third kappa shape index (κ3) is 5.06. The van der Waals surface area contributed by atoms with E-state index in [2.05, 4.69) is 37.4 Å². The van der Waals surface area contributed by atoms with Gasteiger partial charge < -0.3 is 14.8 Å². The first-order valence-electron chi connectivity index (χ1n) is 11.3. The first-order valence-corrected chi connectivity index (χ1v) is 11.3. The number of aromatic nitrogens is 1. The van der Waals surface area contributed by atoms with Crippen LogP contribution in [0.15, 0.2) is 71.7 Å². The molecule has 1 aliphatic rings. The van der Waals surface area contributed by atoms with Crippen LogP contribution < -0.4 is 10.9 Å². The van der Waals surface area contributed by atoms with Crippen molar-refractivity contribution < 1.29 is 9.59 Å². The van der Waals surface area contributed by atoms with E-state index in [0.29, 0.717) is 13.1 Å². The maximum atomic E-state index is 13.2. The summed E-state index contributed by atoms with van der Waals surface area (Å²) in [7, 11) is 0. The molecule has 6 nitrogen and oxygen atoms in total. The van der Waals surface area contributed by atoms with Gasteiger partial charge in [-0.3, -0.25) is 14.4 Å². The Kier molecular flexibility index (Phi) is 6.73. The number of hydrogen-bond acceptors (Lipinski definition) is 3. The van der Waals surface area contributed by atoms with Gasteiger partial charge in [-0.1, -0.05) is 54.1 Å². The number of carbonyl (C=O) groups is 2. The van der Waals surface area contributed by atoms with E-state index >= 15 is 0 Å². The second-order valence-electron chi connectivity index (χ2n) is 8.63. The van der Waals surface area contributed by atoms with Gasteiger partial charge in [0.25, 0.3) is 11.5 Å². The molecule has 1 fully saturated rings. The van der Waals surface area contributed by atoms with Crippen molar-refractivity contribution in [2.75, 3.05) is 6.54 Å². The molecule has 1 saturated heterocycles. The molecule has 2 amide bonds. The number of pyridine rings is 1. The predicted molar refractivity (Wildman–Crippen MR) is 128 cm³/mol. The van der Waals surface area contributed by atoms with E-state index in [0.717, 1.165) is 18.4 Å². The molecule has 0 radical (unpaired) electrons. The third-order valence-corrected chi connectivity index (χ3v) is 6.23. The van der Waals surface area contributed by atoms with Gasteiger partial charge in [-0.15, -0.1) is 0 Å². The summed E-state index contributed by atoms with van der Waals surface area (Å²) in [5, 5.41) is 2.78. The van der Waals surface area contributed by atoms with Crippen LogP contribution in [-0.4, -0.2) is 27.8 Å². The molecule has 1 aliphatic heterocycles. The molecule has 6 heteroatoms. The summed E-state index contributed by atoms with van der Waals surface area (Å²) in [6, 6.07) is 19.0. The Bertz CT molecular complexity index is 1220. The second kappa shape index (κ2) is 9.86. The molecule has 0 aliphatic carbocycles. The zero-order chi connectivity index (χ0) is 23.4. The Morgan fingerprint density at radius 1 is 1.03 bits per heavy atom. The summed E-state index contributed by atoms with van der Waals surface area (Å²) < 4.78 is 1.33. The zero-order valence-electron chi connectivity index (χ0n) is 19.1. The molecule has 0 spiro atoms. The quantitative estimate of drug-likeness (QED) is 0.631. The second-order valence-corrected chi connectivity index (χ2v) is 8.63. The van der Waals surface area contributed by atoms with Crippen molar-refractivity contribution >= 4 is 11.8 Å². The highest BCUT2D eigenvalue weighted by Gasteiger charge is 2.31. The summed E-state index contributed by atoms with van der Waals surface area (Å²) >= 11 is 0. The molecule has 1 unspecified atom stereocenters. The van der Waals surface area contributed by atoms with Gasteiger partial charge in [-0.25, -0.2) is 0 Å². The lowest BCUT2D eigenvalue weighted by Crippen LogP contribution is -2.38. The van der Waals surface area contributed by atoms with Crippen LogP contribution in [0.4, 0.5) is 0 Å². The fourth-order valence-corrected chi connectivity index (χ4v) is 4.45. The number of nitrogens with zero attached hydrogens (tertiary/aromatic N) is 2. The van der Waals surface area contributed by atoms with Gasteiger partial charge in [0.15, 0.2) is 0 Å². The Hall–Kier alpha value is -3.67. The van der Waals surface area contributed by atoms with Crippen LogP contribution in [0, 0.1) is 13.8 Å². The van der Waals surface area contributed by atoms with Crippen LogP contribution >= 0.6 is 0 Å². The highest BCUT2D eigenvalue weighted by Crippen LogP contribution is 2.34. The average Bonchev–Trinajstić information content (AvgIpc) is 3.31. The van der Waals surface area contributed by atoms with Crippen LogP contribution in [0.5, 0.6) is 0 Å². The van der Waals surface area contributed by atoms with Gasteiger partial charge in [0.05, 0.1) is 6.04 Å². The number of hydrogen-bond donors (Lipinski definition) is 1. The Morgan fingerprint density at radius 3 is 2.61 bits per heavy atom. The number of aryl methyl sites for hydroxylation is 2. The largest absolute Gasteiger partial charge is 0.348 e. The summed E-state index contributed by atoms with van der Waals surface area (Å²) in [6.45, 7) is 5.04. The van der Waals surface area contributed by atoms with Gasteiger partial charge in [-0.05, 0) is 55.5 Å². The van der Waals surface area contributed by atoms with E-state index in [1.165, 1.54) is 27.3 Å². The number of amides is 2. The number of nitrogens with one attached hydrogen (secondary N) is 1. The minimum absolute atomic E-state index is 0.0189. The molecule has 0 saturated carbocycles. The number of likely N-dealkylation sites (tertiary alicyclic amines) is 1. The first-order chi connectivity index (χ1) is 15.9. The van der Waals surface area contributed by atoms with E-state index in [-0.39, 0.29) is 24.1 Å². The van der Waals surface area contributed by atoms with Crippen LogP contribution in [0.3, 0.4) is 0 Å². The average molecular weight is 444 g/mol. The maximum absolute atomic E-state index is 13.2. The van der Waals surface area contributed by atoms with Crippen molar-refractivity contribution in [2.45, 2.75) is 45.8 Å². The van der Waals surface area contributed by atoms with Crippen molar-refractivity contribution in [3.63, 3.8) is 0 Å². The molecule has 1 N–H and O–H groups in total. The van der Waals surface area contributed by atoms with Crippen LogP contribution in [0.2, 0.25) is 0 Å². The summed E-state index contributed by atoms with van der Waals surface area (Å²) in [5.41, 5.74) is 4.03. The predicted octanol–water partition coefficient (Wildman–Crippen LogP) is 3.76. The summed E-state index contributed by atoms with van der Waals surface area (Å²) in [6.07, 6.45) is 3.41. The van der Waals surface area contributed by atoms with Crippen molar-refractivity contribution in [2.24, 2.45) is 0 Å². The van der Waals surface area contributed by atoms with Gasteiger partial charge >= 0.3 is 0 Å². The molecule has 1 aromatic heterocycles. The first kappa shape index (κ1) is 22.5. The van der Waals surface area contributed by atoms with Crippen molar-refractivity contribution in [1.82, 2.24) is 14.8 Å². The van der Waals surface area contributed by atoms with E-state index in [1.807, 2.05) is 35.2 Å². The SMILES string of the molecule is Cc1ccc(C)c(C2CCCN2C(=O)Cn2cccc(C(=O)NCc3ccccc3)c2=O)c1. The van der Waals surface area contributed by atoms with Crippen molar-refractivity contribution in [3.8, 4) is 0 Å². The van der Waals surface area contributed by atoms with E-state index < -0.39 is 11.5 Å². The lowest BCUT2D eigenvalue weighted by Gasteiger charge is -2.27. The fraction of sp³-hybridized carbons (Fsp3) is 0.296. The van der Waals surface area contributed by atoms with Crippen molar-refractivity contribution in [1.29, 1.82) is 0 Å². The topological polar surface area (TPSA) is 71.4 Å². The monoisotopic (exact) mass is 443 g/mol. The number of rotatable bonds is 6. The minimum Gasteiger partial charge on any atom is -0.348 e. The highest BCUT2D eigenvalue weighted by molar-refractivity contribution is 5.93. The third-order valence-electron chi connectivity index (χ3n) is 6.23. The molecule has 0 bridgehead atoms. The molecule has 4 rings (SSSR count). The normalized spacial score (nSPS) is 15.5. The lowest BCUT2D eigenvalue weighted by atomic mass is 9.97. The smallest absolute Gasteiger partial charge is 0.263 e.